The van der Waals surface area contributed by atoms with Crippen molar-refractivity contribution < 1.29 is 19.1 Å². The highest BCUT2D eigenvalue weighted by atomic mass is 16.5. The minimum atomic E-state index is -0.743. The summed E-state index contributed by atoms with van der Waals surface area (Å²) in [5.74, 6) is -0.249. The maximum atomic E-state index is 13.5. The van der Waals surface area contributed by atoms with E-state index in [0.717, 1.165) is 22.0 Å². The molecule has 1 aliphatic rings. The summed E-state index contributed by atoms with van der Waals surface area (Å²) in [6.45, 7) is 5.59. The van der Waals surface area contributed by atoms with E-state index < -0.39 is 6.04 Å². The molecule has 1 atom stereocenters. The van der Waals surface area contributed by atoms with Crippen molar-refractivity contribution in [2.24, 2.45) is 0 Å². The first-order valence-electron chi connectivity index (χ1n) is 13.9. The van der Waals surface area contributed by atoms with E-state index in [2.05, 4.69) is 25.9 Å². The van der Waals surface area contributed by atoms with Gasteiger partial charge in [0.25, 0.3) is 5.91 Å². The van der Waals surface area contributed by atoms with E-state index in [1.54, 1.807) is 22.6 Å². The van der Waals surface area contributed by atoms with Crippen LogP contribution in [0.5, 0.6) is 5.75 Å². The molecule has 0 unspecified atom stereocenters. The summed E-state index contributed by atoms with van der Waals surface area (Å²) < 4.78 is 7.70. The number of ether oxygens (including phenoxy) is 1. The molecule has 0 spiro atoms. The molecular weight excluding hydrogens is 522 g/mol. The minimum Gasteiger partial charge on any atom is -0.493 e. The largest absolute Gasteiger partial charge is 0.493 e. The highest BCUT2D eigenvalue weighted by molar-refractivity contribution is 5.99. The van der Waals surface area contributed by atoms with Crippen molar-refractivity contribution in [1.82, 2.24) is 35.5 Å². The van der Waals surface area contributed by atoms with Crippen LogP contribution in [0.2, 0.25) is 0 Å². The van der Waals surface area contributed by atoms with E-state index >= 15 is 0 Å². The monoisotopic (exact) mass is 557 g/mol. The normalized spacial score (nSPS) is 17.4. The van der Waals surface area contributed by atoms with Gasteiger partial charge in [0, 0.05) is 43.2 Å². The second-order valence-corrected chi connectivity index (χ2v) is 10.4. The van der Waals surface area contributed by atoms with Crippen molar-refractivity contribution in [2.45, 2.75) is 52.2 Å². The van der Waals surface area contributed by atoms with Crippen molar-refractivity contribution >= 4 is 28.6 Å². The second kappa shape index (κ2) is 12.7. The molecular formula is C30H35N7O4. The van der Waals surface area contributed by atoms with Crippen LogP contribution in [0.4, 0.5) is 0 Å². The van der Waals surface area contributed by atoms with Crippen LogP contribution < -0.4 is 15.4 Å². The molecule has 11 heteroatoms. The van der Waals surface area contributed by atoms with Crippen LogP contribution in [-0.2, 0) is 29.1 Å². The van der Waals surface area contributed by atoms with E-state index in [1.807, 2.05) is 55.7 Å². The Morgan fingerprint density at radius 2 is 1.98 bits per heavy atom. The molecule has 214 valence electrons. The molecule has 0 aliphatic carbocycles. The molecule has 0 saturated heterocycles. The molecule has 41 heavy (non-hydrogen) atoms. The predicted molar refractivity (Wildman–Crippen MR) is 153 cm³/mol. The van der Waals surface area contributed by atoms with Crippen LogP contribution >= 0.6 is 0 Å². The fourth-order valence-corrected chi connectivity index (χ4v) is 4.88. The fourth-order valence-electron chi connectivity index (χ4n) is 4.88. The molecule has 2 bridgehead atoms. The van der Waals surface area contributed by atoms with Gasteiger partial charge in [-0.25, -0.2) is 0 Å². The number of aryl methyl sites for hydroxylation is 2. The number of aromatic amines is 1. The lowest BCUT2D eigenvalue weighted by Crippen LogP contribution is -2.45. The van der Waals surface area contributed by atoms with Gasteiger partial charge in [0.15, 0.2) is 0 Å². The molecule has 5 rings (SSSR count). The van der Waals surface area contributed by atoms with Crippen LogP contribution in [0, 0.1) is 6.92 Å². The Hall–Kier alpha value is -4.67. The molecule has 0 saturated carbocycles. The Bertz CT molecular complexity index is 1540. The summed E-state index contributed by atoms with van der Waals surface area (Å²) >= 11 is 0. The first-order chi connectivity index (χ1) is 19.9. The minimum absolute atomic E-state index is 0.0383. The number of nitrogens with zero attached hydrogens (tertiary/aromatic N) is 4. The van der Waals surface area contributed by atoms with Gasteiger partial charge in [-0.3, -0.25) is 19.1 Å². The van der Waals surface area contributed by atoms with Crippen molar-refractivity contribution in [3.8, 4) is 5.75 Å². The first kappa shape index (κ1) is 27.9. The number of rotatable bonds is 2. The molecule has 4 aromatic rings. The van der Waals surface area contributed by atoms with Crippen molar-refractivity contribution in [2.75, 3.05) is 19.7 Å². The maximum absolute atomic E-state index is 13.5. The Morgan fingerprint density at radius 3 is 2.85 bits per heavy atom. The van der Waals surface area contributed by atoms with E-state index in [9.17, 15) is 14.4 Å². The molecule has 0 fully saturated rings. The van der Waals surface area contributed by atoms with Gasteiger partial charge in [0.1, 0.15) is 17.5 Å². The molecule has 1 aliphatic heterocycles. The first-order valence-corrected chi connectivity index (χ1v) is 13.9. The lowest BCUT2D eigenvalue weighted by molar-refractivity contribution is -0.131. The lowest BCUT2D eigenvalue weighted by atomic mass is 10.1. The summed E-state index contributed by atoms with van der Waals surface area (Å²) in [5, 5.41) is 15.2. The van der Waals surface area contributed by atoms with E-state index in [1.165, 1.54) is 0 Å². The molecule has 11 nitrogen and oxygen atoms in total. The Morgan fingerprint density at radius 1 is 1.12 bits per heavy atom. The number of carbonyl (C=O) groups excluding carboxylic acids is 3. The van der Waals surface area contributed by atoms with Gasteiger partial charge >= 0.3 is 0 Å². The zero-order valence-corrected chi connectivity index (χ0v) is 23.4. The SMILES string of the molecule is Cc1ccc2c(c1)OCCCn1cc(nn1)CN(C(=O)Cc1c[nH]c3ccccc13)CCCNC(=O)[C@@H](C)NC2=O. The third kappa shape index (κ3) is 6.92. The number of H-pyrrole nitrogens is 1. The summed E-state index contributed by atoms with van der Waals surface area (Å²) in [5.41, 5.74) is 3.94. The summed E-state index contributed by atoms with van der Waals surface area (Å²) in [4.78, 5) is 44.2. The fraction of sp³-hybridized carbons (Fsp3) is 0.367. The standard InChI is InChI=1S/C30H35N7O4/c1-20-9-10-25-27(15-20)41-14-6-13-37-19-23(34-35-37)18-36(12-5-11-31-29(39)21(2)33-30(25)40)28(38)16-22-17-32-26-8-4-3-7-24(22)26/h3-4,7-10,15,17,19,21,32H,5-6,11-14,16,18H2,1-2H3,(H,31,39)(H,33,40)/t21-/m1/s1. The smallest absolute Gasteiger partial charge is 0.255 e. The van der Waals surface area contributed by atoms with Gasteiger partial charge in [0.2, 0.25) is 11.8 Å². The van der Waals surface area contributed by atoms with E-state index in [0.29, 0.717) is 62.6 Å². The third-order valence-electron chi connectivity index (χ3n) is 7.12. The Kier molecular flexibility index (Phi) is 8.61. The average Bonchev–Trinajstić information content (AvgIpc) is 3.58. The summed E-state index contributed by atoms with van der Waals surface area (Å²) in [6.07, 6.45) is 5.14. The lowest BCUT2D eigenvalue weighted by Gasteiger charge is -2.22. The van der Waals surface area contributed by atoms with Gasteiger partial charge in [-0.1, -0.05) is 29.5 Å². The van der Waals surface area contributed by atoms with Crippen LogP contribution in [0.25, 0.3) is 10.9 Å². The number of nitrogens with one attached hydrogen (secondary N) is 3. The van der Waals surface area contributed by atoms with Crippen molar-refractivity contribution in [3.63, 3.8) is 0 Å². The second-order valence-electron chi connectivity index (χ2n) is 10.4. The molecule has 3 amide bonds. The number of amides is 3. The van der Waals surface area contributed by atoms with E-state index in [-0.39, 0.29) is 24.1 Å². The average molecular weight is 558 g/mol. The number of carbonyl (C=O) groups is 3. The zero-order valence-electron chi connectivity index (χ0n) is 23.4. The zero-order chi connectivity index (χ0) is 28.8. The van der Waals surface area contributed by atoms with Gasteiger partial charge in [0.05, 0.1) is 31.3 Å². The number of benzene rings is 2. The molecule has 2 aromatic heterocycles. The van der Waals surface area contributed by atoms with Crippen LogP contribution in [0.3, 0.4) is 0 Å². The number of hydrogen-bond acceptors (Lipinski definition) is 6. The van der Waals surface area contributed by atoms with Gasteiger partial charge in [-0.05, 0) is 49.6 Å². The van der Waals surface area contributed by atoms with Crippen LogP contribution in [0.1, 0.15) is 46.9 Å². The number of fused-ring (bicyclic) bond motifs is 4. The third-order valence-corrected chi connectivity index (χ3v) is 7.12. The van der Waals surface area contributed by atoms with Crippen LogP contribution in [0.15, 0.2) is 54.9 Å². The summed E-state index contributed by atoms with van der Waals surface area (Å²) in [6, 6.07) is 12.5. The molecule has 2 aromatic carbocycles. The van der Waals surface area contributed by atoms with Crippen molar-refractivity contribution in [1.29, 1.82) is 0 Å². The summed E-state index contributed by atoms with van der Waals surface area (Å²) in [7, 11) is 0. The number of para-hydroxylation sites is 1. The van der Waals surface area contributed by atoms with Crippen LogP contribution in [-0.4, -0.2) is 68.3 Å². The highest BCUT2D eigenvalue weighted by Gasteiger charge is 2.21. The van der Waals surface area contributed by atoms with Gasteiger partial charge < -0.3 is 25.3 Å². The van der Waals surface area contributed by atoms with Gasteiger partial charge in [-0.15, -0.1) is 5.10 Å². The number of hydrogen-bond donors (Lipinski definition) is 3. The quantitative estimate of drug-likeness (QED) is 0.347. The Balaban J connectivity index is 1.32. The number of aromatic nitrogens is 4. The maximum Gasteiger partial charge on any atom is 0.255 e. The molecule has 0 radical (unpaired) electrons. The predicted octanol–water partition coefficient (Wildman–Crippen LogP) is 2.75. The topological polar surface area (TPSA) is 134 Å². The molecule has 3 N–H and O–H groups in total. The van der Waals surface area contributed by atoms with E-state index in [4.69, 9.17) is 4.74 Å². The molecule has 3 heterocycles. The van der Waals surface area contributed by atoms with Gasteiger partial charge in [-0.2, -0.15) is 0 Å². The Labute approximate surface area is 238 Å². The van der Waals surface area contributed by atoms with Crippen molar-refractivity contribution in [3.05, 3.63) is 77.2 Å². The highest BCUT2D eigenvalue weighted by Crippen LogP contribution is 2.22.